The largest absolute Gasteiger partial charge is 0.368 e. The first-order valence-corrected chi connectivity index (χ1v) is 8.75. The molecule has 0 bridgehead atoms. The van der Waals surface area contributed by atoms with Crippen molar-refractivity contribution in [2.75, 3.05) is 6.54 Å². The number of nitrogens with zero attached hydrogens (tertiary/aromatic N) is 1. The average molecular weight is 318 g/mol. The zero-order valence-electron chi connectivity index (χ0n) is 12.1. The summed E-state index contributed by atoms with van der Waals surface area (Å²) in [5.41, 5.74) is 5.40. The third-order valence-electron chi connectivity index (χ3n) is 4.12. The number of fused-ring (bicyclic) bond motifs is 1. The molecule has 0 aliphatic carbocycles. The van der Waals surface area contributed by atoms with Crippen molar-refractivity contribution in [2.24, 2.45) is 5.73 Å². The van der Waals surface area contributed by atoms with Gasteiger partial charge in [-0.1, -0.05) is 42.8 Å². The van der Waals surface area contributed by atoms with Gasteiger partial charge in [0, 0.05) is 11.9 Å². The monoisotopic (exact) mass is 318 g/mol. The van der Waals surface area contributed by atoms with Crippen LogP contribution in [0.25, 0.3) is 10.8 Å². The molecule has 0 saturated carbocycles. The molecule has 1 heterocycles. The highest BCUT2D eigenvalue weighted by molar-refractivity contribution is 7.89. The summed E-state index contributed by atoms with van der Waals surface area (Å²) >= 11 is 0. The number of hydrogen-bond donors (Lipinski definition) is 1. The highest BCUT2D eigenvalue weighted by Gasteiger charge is 2.37. The zero-order chi connectivity index (χ0) is 15.7. The first kappa shape index (κ1) is 15.0. The molecule has 1 saturated heterocycles. The summed E-state index contributed by atoms with van der Waals surface area (Å²) in [7, 11) is -3.75. The Hall–Kier alpha value is -1.92. The second-order valence-electron chi connectivity index (χ2n) is 5.51. The molecule has 1 fully saturated rings. The molecule has 0 spiro atoms. The Kier molecular flexibility index (Phi) is 3.88. The topological polar surface area (TPSA) is 80.5 Å². The lowest BCUT2D eigenvalue weighted by atomic mass is 10.0. The van der Waals surface area contributed by atoms with Crippen LogP contribution >= 0.6 is 0 Å². The average Bonchev–Trinajstić information content (AvgIpc) is 2.54. The number of primary amides is 1. The molecule has 2 N–H and O–H groups in total. The molecule has 1 aliphatic rings. The molecular weight excluding hydrogens is 300 g/mol. The van der Waals surface area contributed by atoms with Crippen LogP contribution in [0.2, 0.25) is 0 Å². The maximum absolute atomic E-state index is 13.0. The molecule has 3 rings (SSSR count). The second kappa shape index (κ2) is 5.70. The van der Waals surface area contributed by atoms with Gasteiger partial charge in [0.2, 0.25) is 15.9 Å². The summed E-state index contributed by atoms with van der Waals surface area (Å²) in [6, 6.07) is 11.8. The number of hydrogen-bond acceptors (Lipinski definition) is 3. The van der Waals surface area contributed by atoms with Gasteiger partial charge < -0.3 is 5.73 Å². The number of amides is 1. The van der Waals surface area contributed by atoms with E-state index in [1.54, 1.807) is 18.2 Å². The van der Waals surface area contributed by atoms with Crippen molar-refractivity contribution in [3.63, 3.8) is 0 Å². The summed E-state index contributed by atoms with van der Waals surface area (Å²) in [6.07, 6.45) is 2.04. The molecule has 2 aromatic carbocycles. The number of rotatable bonds is 3. The Balaban J connectivity index is 2.13. The van der Waals surface area contributed by atoms with Crippen molar-refractivity contribution in [3.05, 3.63) is 42.5 Å². The third-order valence-corrected chi connectivity index (χ3v) is 6.08. The normalized spacial score (nSPS) is 20.1. The Morgan fingerprint density at radius 1 is 1.09 bits per heavy atom. The Labute approximate surface area is 129 Å². The Bertz CT molecular complexity index is 812. The minimum atomic E-state index is -3.75. The van der Waals surface area contributed by atoms with Crippen molar-refractivity contribution in [1.29, 1.82) is 0 Å². The lowest BCUT2D eigenvalue weighted by Crippen LogP contribution is -2.50. The molecule has 0 unspecified atom stereocenters. The van der Waals surface area contributed by atoms with E-state index in [2.05, 4.69) is 0 Å². The fraction of sp³-hybridized carbons (Fsp3) is 0.312. The SMILES string of the molecule is NC(=O)[C@@H]1CCCCN1S(=O)(=O)c1cccc2ccccc12. The number of carbonyl (C=O) groups is 1. The van der Waals surface area contributed by atoms with Gasteiger partial charge in [-0.15, -0.1) is 0 Å². The van der Waals surface area contributed by atoms with E-state index >= 15 is 0 Å². The van der Waals surface area contributed by atoms with Crippen LogP contribution < -0.4 is 5.73 Å². The maximum atomic E-state index is 13.0. The van der Waals surface area contributed by atoms with Gasteiger partial charge in [0.15, 0.2) is 0 Å². The van der Waals surface area contributed by atoms with Gasteiger partial charge in [-0.2, -0.15) is 4.31 Å². The molecular formula is C16H18N2O3S. The van der Waals surface area contributed by atoms with Crippen LogP contribution in [0, 0.1) is 0 Å². The summed E-state index contributed by atoms with van der Waals surface area (Å²) in [5.74, 6) is -0.580. The van der Waals surface area contributed by atoms with Crippen LogP contribution in [-0.4, -0.2) is 31.2 Å². The summed E-state index contributed by atoms with van der Waals surface area (Å²) in [5, 5.41) is 1.52. The Morgan fingerprint density at radius 2 is 1.82 bits per heavy atom. The van der Waals surface area contributed by atoms with E-state index in [0.717, 1.165) is 18.2 Å². The summed E-state index contributed by atoms with van der Waals surface area (Å²) in [6.45, 7) is 0.333. The molecule has 1 amide bonds. The van der Waals surface area contributed by atoms with E-state index in [4.69, 9.17) is 5.73 Å². The number of sulfonamides is 1. The zero-order valence-corrected chi connectivity index (χ0v) is 12.9. The Morgan fingerprint density at radius 3 is 2.59 bits per heavy atom. The first-order chi connectivity index (χ1) is 10.5. The van der Waals surface area contributed by atoms with Crippen molar-refractivity contribution < 1.29 is 13.2 Å². The molecule has 1 atom stereocenters. The quantitative estimate of drug-likeness (QED) is 0.938. The maximum Gasteiger partial charge on any atom is 0.244 e. The predicted molar refractivity (Wildman–Crippen MR) is 84.7 cm³/mol. The smallest absolute Gasteiger partial charge is 0.244 e. The number of piperidine rings is 1. The van der Waals surface area contributed by atoms with Crippen molar-refractivity contribution >= 4 is 26.7 Å². The van der Waals surface area contributed by atoms with Crippen LogP contribution in [-0.2, 0) is 14.8 Å². The van der Waals surface area contributed by atoms with Crippen LogP contribution in [0.3, 0.4) is 0 Å². The highest BCUT2D eigenvalue weighted by atomic mass is 32.2. The van der Waals surface area contributed by atoms with Crippen LogP contribution in [0.4, 0.5) is 0 Å². The van der Waals surface area contributed by atoms with Crippen molar-refractivity contribution in [2.45, 2.75) is 30.2 Å². The lowest BCUT2D eigenvalue weighted by Gasteiger charge is -2.32. The van der Waals surface area contributed by atoms with E-state index in [-0.39, 0.29) is 4.90 Å². The molecule has 116 valence electrons. The molecule has 2 aromatic rings. The molecule has 0 aromatic heterocycles. The van der Waals surface area contributed by atoms with E-state index in [1.165, 1.54) is 4.31 Å². The van der Waals surface area contributed by atoms with E-state index in [9.17, 15) is 13.2 Å². The molecule has 5 nitrogen and oxygen atoms in total. The molecule has 22 heavy (non-hydrogen) atoms. The lowest BCUT2D eigenvalue weighted by molar-refractivity contribution is -0.122. The van der Waals surface area contributed by atoms with Crippen molar-refractivity contribution in [3.8, 4) is 0 Å². The highest BCUT2D eigenvalue weighted by Crippen LogP contribution is 2.29. The predicted octanol–water partition coefficient (Wildman–Crippen LogP) is 1.87. The number of nitrogens with two attached hydrogens (primary N) is 1. The van der Waals surface area contributed by atoms with Crippen molar-refractivity contribution in [1.82, 2.24) is 4.31 Å². The van der Waals surface area contributed by atoms with Gasteiger partial charge in [0.25, 0.3) is 0 Å². The van der Waals surface area contributed by atoms with Gasteiger partial charge in [0.05, 0.1) is 4.90 Å². The first-order valence-electron chi connectivity index (χ1n) is 7.31. The van der Waals surface area contributed by atoms with Crippen LogP contribution in [0.1, 0.15) is 19.3 Å². The van der Waals surface area contributed by atoms with Crippen LogP contribution in [0.5, 0.6) is 0 Å². The third kappa shape index (κ3) is 2.48. The van der Waals surface area contributed by atoms with Crippen LogP contribution in [0.15, 0.2) is 47.4 Å². The number of benzene rings is 2. The standard InChI is InChI=1S/C16H18N2O3S/c17-16(19)14-9-3-4-11-18(14)22(20,21)15-10-5-7-12-6-1-2-8-13(12)15/h1-2,5-8,10,14H,3-4,9,11H2,(H2,17,19)/t14-/m0/s1. The fourth-order valence-corrected chi connectivity index (χ4v) is 4.90. The van der Waals surface area contributed by atoms with Gasteiger partial charge in [-0.25, -0.2) is 8.42 Å². The van der Waals surface area contributed by atoms with Gasteiger partial charge in [-0.05, 0) is 24.3 Å². The molecule has 6 heteroatoms. The molecule has 1 aliphatic heterocycles. The number of carbonyl (C=O) groups excluding carboxylic acids is 1. The van der Waals surface area contributed by atoms with Gasteiger partial charge in [0.1, 0.15) is 6.04 Å². The van der Waals surface area contributed by atoms with E-state index < -0.39 is 22.0 Å². The second-order valence-corrected chi connectivity index (χ2v) is 7.37. The van der Waals surface area contributed by atoms with E-state index in [1.807, 2.05) is 24.3 Å². The van der Waals surface area contributed by atoms with Gasteiger partial charge in [-0.3, -0.25) is 4.79 Å². The van der Waals surface area contributed by atoms with Gasteiger partial charge >= 0.3 is 0 Å². The molecule has 0 radical (unpaired) electrons. The fourth-order valence-electron chi connectivity index (χ4n) is 3.02. The minimum absolute atomic E-state index is 0.235. The summed E-state index contributed by atoms with van der Waals surface area (Å²) < 4.78 is 27.3. The summed E-state index contributed by atoms with van der Waals surface area (Å²) in [4.78, 5) is 11.9. The minimum Gasteiger partial charge on any atom is -0.368 e. The van der Waals surface area contributed by atoms with E-state index in [0.29, 0.717) is 18.4 Å².